The lowest BCUT2D eigenvalue weighted by Gasteiger charge is -2.09. The zero-order chi connectivity index (χ0) is 18.2. The van der Waals surface area contributed by atoms with Gasteiger partial charge in [-0.25, -0.2) is 0 Å². The number of anilines is 1. The number of pyridine rings is 1. The average Bonchev–Trinajstić information content (AvgIpc) is 2.60. The number of carbonyl (C=O) groups is 3. The monoisotopic (exact) mass is 340 g/mol. The highest BCUT2D eigenvalue weighted by atomic mass is 16.2. The summed E-state index contributed by atoms with van der Waals surface area (Å²) in [6, 6.07) is 9.62. The molecule has 1 aromatic heterocycles. The Morgan fingerprint density at radius 3 is 2.16 bits per heavy atom. The standard InChI is InChI=1S/C18H20N4O3/c1-12(2)10-16(23)20-15-7-5-13(6-8-15)17(24)21-22-18(25)14-4-3-9-19-11-14/h3-9,11-12H,10H2,1-2H3,(H,20,23)(H,21,24)(H,22,25). The maximum Gasteiger partial charge on any atom is 0.271 e. The van der Waals surface area contributed by atoms with Gasteiger partial charge in [-0.1, -0.05) is 13.8 Å². The quantitative estimate of drug-likeness (QED) is 0.726. The number of hydrogen-bond acceptors (Lipinski definition) is 4. The highest BCUT2D eigenvalue weighted by Gasteiger charge is 2.10. The van der Waals surface area contributed by atoms with Gasteiger partial charge in [0.15, 0.2) is 0 Å². The molecule has 7 heteroatoms. The fraction of sp³-hybridized carbons (Fsp3) is 0.222. The van der Waals surface area contributed by atoms with Crippen molar-refractivity contribution in [3.63, 3.8) is 0 Å². The molecule has 2 aromatic rings. The van der Waals surface area contributed by atoms with Crippen molar-refractivity contribution in [1.82, 2.24) is 15.8 Å². The lowest BCUT2D eigenvalue weighted by atomic mass is 10.1. The Hall–Kier alpha value is -3.22. The van der Waals surface area contributed by atoms with E-state index in [4.69, 9.17) is 0 Å². The number of benzene rings is 1. The third-order valence-corrected chi connectivity index (χ3v) is 3.24. The van der Waals surface area contributed by atoms with Crippen LogP contribution >= 0.6 is 0 Å². The van der Waals surface area contributed by atoms with Crippen LogP contribution in [-0.4, -0.2) is 22.7 Å². The van der Waals surface area contributed by atoms with Gasteiger partial charge in [-0.2, -0.15) is 0 Å². The van der Waals surface area contributed by atoms with Gasteiger partial charge >= 0.3 is 0 Å². The molecule has 0 fully saturated rings. The molecule has 0 saturated carbocycles. The summed E-state index contributed by atoms with van der Waals surface area (Å²) < 4.78 is 0. The second-order valence-electron chi connectivity index (χ2n) is 5.87. The van der Waals surface area contributed by atoms with Crippen LogP contribution in [0.4, 0.5) is 5.69 Å². The minimum Gasteiger partial charge on any atom is -0.326 e. The zero-order valence-corrected chi connectivity index (χ0v) is 14.1. The Kier molecular flexibility index (Phi) is 6.22. The molecule has 0 aliphatic rings. The molecule has 0 aliphatic heterocycles. The van der Waals surface area contributed by atoms with Crippen molar-refractivity contribution in [3.8, 4) is 0 Å². The van der Waals surface area contributed by atoms with E-state index >= 15 is 0 Å². The maximum atomic E-state index is 12.0. The summed E-state index contributed by atoms with van der Waals surface area (Å²) >= 11 is 0. The predicted molar refractivity (Wildman–Crippen MR) is 93.7 cm³/mol. The van der Waals surface area contributed by atoms with Gasteiger partial charge in [0, 0.05) is 30.1 Å². The molecule has 3 amide bonds. The summed E-state index contributed by atoms with van der Waals surface area (Å²) in [6.45, 7) is 3.93. The smallest absolute Gasteiger partial charge is 0.271 e. The van der Waals surface area contributed by atoms with Crippen LogP contribution in [0.5, 0.6) is 0 Å². The fourth-order valence-corrected chi connectivity index (χ4v) is 2.04. The molecule has 0 aliphatic carbocycles. The molecular formula is C18H20N4O3. The lowest BCUT2D eigenvalue weighted by Crippen LogP contribution is -2.41. The summed E-state index contributed by atoms with van der Waals surface area (Å²) in [5.41, 5.74) is 5.95. The molecule has 1 heterocycles. The third-order valence-electron chi connectivity index (χ3n) is 3.24. The Bertz CT molecular complexity index is 743. The average molecular weight is 340 g/mol. The summed E-state index contributed by atoms with van der Waals surface area (Å²) in [7, 11) is 0. The van der Waals surface area contributed by atoms with E-state index in [1.165, 1.54) is 6.20 Å². The van der Waals surface area contributed by atoms with Crippen LogP contribution in [-0.2, 0) is 4.79 Å². The first kappa shape index (κ1) is 18.1. The highest BCUT2D eigenvalue weighted by molar-refractivity contribution is 5.99. The Morgan fingerprint density at radius 1 is 0.960 bits per heavy atom. The fourth-order valence-electron chi connectivity index (χ4n) is 2.04. The molecule has 3 N–H and O–H groups in total. The van der Waals surface area contributed by atoms with Crippen LogP contribution in [0.25, 0.3) is 0 Å². The van der Waals surface area contributed by atoms with Crippen molar-refractivity contribution in [2.75, 3.05) is 5.32 Å². The van der Waals surface area contributed by atoms with E-state index in [0.717, 1.165) is 0 Å². The van der Waals surface area contributed by atoms with Crippen LogP contribution < -0.4 is 16.2 Å². The Labute approximate surface area is 145 Å². The Balaban J connectivity index is 1.88. The first-order chi connectivity index (χ1) is 12.0. The molecule has 0 unspecified atom stereocenters. The number of carbonyl (C=O) groups excluding carboxylic acids is 3. The van der Waals surface area contributed by atoms with E-state index in [2.05, 4.69) is 21.2 Å². The Morgan fingerprint density at radius 2 is 1.60 bits per heavy atom. The first-order valence-corrected chi connectivity index (χ1v) is 7.86. The van der Waals surface area contributed by atoms with Crippen LogP contribution in [0.2, 0.25) is 0 Å². The summed E-state index contributed by atoms with van der Waals surface area (Å²) in [6.07, 6.45) is 3.38. The van der Waals surface area contributed by atoms with E-state index in [0.29, 0.717) is 23.2 Å². The van der Waals surface area contributed by atoms with Gasteiger partial charge in [0.1, 0.15) is 0 Å². The molecule has 2 rings (SSSR count). The minimum absolute atomic E-state index is 0.0732. The topological polar surface area (TPSA) is 100 Å². The first-order valence-electron chi connectivity index (χ1n) is 7.86. The molecule has 7 nitrogen and oxygen atoms in total. The summed E-state index contributed by atoms with van der Waals surface area (Å²) in [5.74, 6) is -0.722. The van der Waals surface area contributed by atoms with E-state index in [-0.39, 0.29) is 11.8 Å². The summed E-state index contributed by atoms with van der Waals surface area (Å²) in [4.78, 5) is 39.4. The summed E-state index contributed by atoms with van der Waals surface area (Å²) in [5, 5.41) is 2.76. The number of rotatable bonds is 5. The molecule has 130 valence electrons. The number of hydrogen-bond donors (Lipinski definition) is 3. The minimum atomic E-state index is -0.461. The van der Waals surface area contributed by atoms with Crippen molar-refractivity contribution >= 4 is 23.4 Å². The van der Waals surface area contributed by atoms with Crippen molar-refractivity contribution < 1.29 is 14.4 Å². The molecule has 0 bridgehead atoms. The molecule has 25 heavy (non-hydrogen) atoms. The van der Waals surface area contributed by atoms with Gasteiger partial charge in [-0.15, -0.1) is 0 Å². The number of nitrogens with one attached hydrogen (secondary N) is 3. The van der Waals surface area contributed by atoms with Crippen molar-refractivity contribution in [1.29, 1.82) is 0 Å². The number of amides is 3. The third kappa shape index (κ3) is 5.72. The van der Waals surface area contributed by atoms with E-state index in [1.807, 2.05) is 13.8 Å². The number of nitrogens with zero attached hydrogens (tertiary/aromatic N) is 1. The predicted octanol–water partition coefficient (Wildman–Crippen LogP) is 2.14. The zero-order valence-electron chi connectivity index (χ0n) is 14.1. The SMILES string of the molecule is CC(C)CC(=O)Nc1ccc(C(=O)NNC(=O)c2cccnc2)cc1. The highest BCUT2D eigenvalue weighted by Crippen LogP contribution is 2.11. The van der Waals surface area contributed by atoms with Crippen LogP contribution in [0.1, 0.15) is 41.0 Å². The molecule has 0 spiro atoms. The van der Waals surface area contributed by atoms with Crippen molar-refractivity contribution in [2.45, 2.75) is 20.3 Å². The van der Waals surface area contributed by atoms with E-state index in [9.17, 15) is 14.4 Å². The molecule has 0 radical (unpaired) electrons. The van der Waals surface area contributed by atoms with E-state index in [1.54, 1.807) is 42.6 Å². The van der Waals surface area contributed by atoms with Gasteiger partial charge in [-0.05, 0) is 42.3 Å². The van der Waals surface area contributed by atoms with Gasteiger partial charge in [0.05, 0.1) is 5.56 Å². The van der Waals surface area contributed by atoms with Gasteiger partial charge in [0.25, 0.3) is 11.8 Å². The molecular weight excluding hydrogens is 320 g/mol. The van der Waals surface area contributed by atoms with Crippen LogP contribution in [0, 0.1) is 5.92 Å². The maximum absolute atomic E-state index is 12.0. The lowest BCUT2D eigenvalue weighted by molar-refractivity contribution is -0.116. The second-order valence-corrected chi connectivity index (χ2v) is 5.87. The van der Waals surface area contributed by atoms with E-state index < -0.39 is 11.8 Å². The number of hydrazine groups is 1. The second kappa shape index (κ2) is 8.58. The van der Waals surface area contributed by atoms with Gasteiger partial charge in [0.2, 0.25) is 5.91 Å². The molecule has 0 saturated heterocycles. The van der Waals surface area contributed by atoms with Crippen molar-refractivity contribution in [2.24, 2.45) is 5.92 Å². The van der Waals surface area contributed by atoms with Crippen molar-refractivity contribution in [3.05, 3.63) is 59.9 Å². The van der Waals surface area contributed by atoms with Crippen LogP contribution in [0.3, 0.4) is 0 Å². The normalized spacial score (nSPS) is 10.2. The van der Waals surface area contributed by atoms with Gasteiger partial charge in [-0.3, -0.25) is 30.2 Å². The number of aromatic nitrogens is 1. The largest absolute Gasteiger partial charge is 0.326 e. The molecule has 0 atom stereocenters. The molecule has 1 aromatic carbocycles. The van der Waals surface area contributed by atoms with Gasteiger partial charge < -0.3 is 5.32 Å². The van der Waals surface area contributed by atoms with Crippen LogP contribution in [0.15, 0.2) is 48.8 Å².